The Morgan fingerprint density at radius 2 is 1.29 bits per heavy atom. The van der Waals surface area contributed by atoms with E-state index in [2.05, 4.69) is 83.1 Å². The molecule has 0 saturated heterocycles. The average Bonchev–Trinajstić information content (AvgIpc) is 2.97. The summed E-state index contributed by atoms with van der Waals surface area (Å²) in [5.41, 5.74) is 5.42. The molecule has 0 radical (unpaired) electrons. The average molecular weight is 563 g/mol. The number of hydrogen-bond donors (Lipinski definition) is 3. The van der Waals surface area contributed by atoms with Crippen LogP contribution in [0.1, 0.15) is 81.2 Å². The molecule has 5 nitrogen and oxygen atoms in total. The Kier molecular flexibility index (Phi) is 11.8. The number of aliphatic hydroxyl groups is 3. The van der Waals surface area contributed by atoms with E-state index < -0.39 is 12.2 Å². The zero-order chi connectivity index (χ0) is 30.0. The van der Waals surface area contributed by atoms with Crippen molar-refractivity contribution >= 4 is 0 Å². The zero-order valence-electron chi connectivity index (χ0n) is 25.8. The highest BCUT2D eigenvalue weighted by molar-refractivity contribution is 5.48. The normalized spacial score (nSPS) is 13.6. The van der Waals surface area contributed by atoms with Gasteiger partial charge < -0.3 is 24.8 Å². The second kappa shape index (κ2) is 14.9. The van der Waals surface area contributed by atoms with Crippen LogP contribution in [0.4, 0.5) is 0 Å². The van der Waals surface area contributed by atoms with E-state index in [9.17, 15) is 10.2 Å². The number of benzene rings is 3. The molecular formula is C36H50O5. The van der Waals surface area contributed by atoms with Crippen LogP contribution in [0.3, 0.4) is 0 Å². The summed E-state index contributed by atoms with van der Waals surface area (Å²) in [6.07, 6.45) is 3.36. The molecular weight excluding hydrogens is 512 g/mol. The predicted octanol–water partition coefficient (Wildman–Crippen LogP) is 6.93. The van der Waals surface area contributed by atoms with E-state index in [-0.39, 0.29) is 30.7 Å². The summed E-state index contributed by atoms with van der Waals surface area (Å²) in [5, 5.41) is 29.7. The van der Waals surface area contributed by atoms with E-state index in [1.54, 1.807) is 0 Å². The predicted molar refractivity (Wildman–Crippen MR) is 167 cm³/mol. The highest BCUT2D eigenvalue weighted by Crippen LogP contribution is 2.41. The maximum absolute atomic E-state index is 11.0. The fourth-order valence-electron chi connectivity index (χ4n) is 5.64. The van der Waals surface area contributed by atoms with E-state index in [0.29, 0.717) is 5.75 Å². The van der Waals surface area contributed by atoms with Gasteiger partial charge in [-0.3, -0.25) is 0 Å². The number of aryl methyl sites for hydroxylation is 3. The minimum absolute atomic E-state index is 0.0591. The van der Waals surface area contributed by atoms with E-state index in [4.69, 9.17) is 14.6 Å². The van der Waals surface area contributed by atoms with Crippen molar-refractivity contribution in [2.24, 2.45) is 5.41 Å². The molecule has 5 heteroatoms. The third-order valence-corrected chi connectivity index (χ3v) is 8.73. The minimum atomic E-state index is -0.894. The van der Waals surface area contributed by atoms with Crippen molar-refractivity contribution in [2.45, 2.75) is 91.3 Å². The lowest BCUT2D eigenvalue weighted by Crippen LogP contribution is -2.34. The van der Waals surface area contributed by atoms with Crippen LogP contribution in [0.15, 0.2) is 66.7 Å². The molecule has 0 unspecified atom stereocenters. The highest BCUT2D eigenvalue weighted by Gasteiger charge is 2.32. The van der Waals surface area contributed by atoms with Gasteiger partial charge in [0.15, 0.2) is 0 Å². The number of ether oxygens (including phenoxy) is 2. The Bertz CT molecular complexity index is 1220. The molecule has 0 aromatic heterocycles. The summed E-state index contributed by atoms with van der Waals surface area (Å²) in [5.74, 6) is 1.51. The van der Waals surface area contributed by atoms with Gasteiger partial charge in [-0.2, -0.15) is 0 Å². The van der Waals surface area contributed by atoms with Gasteiger partial charge in [0.2, 0.25) is 0 Å². The monoisotopic (exact) mass is 562 g/mol. The molecule has 2 atom stereocenters. The Morgan fingerprint density at radius 3 is 1.78 bits per heavy atom. The Balaban J connectivity index is 1.68. The third-order valence-electron chi connectivity index (χ3n) is 8.73. The zero-order valence-corrected chi connectivity index (χ0v) is 25.8. The Morgan fingerprint density at radius 1 is 0.756 bits per heavy atom. The first-order valence-electron chi connectivity index (χ1n) is 15.0. The lowest BCUT2D eigenvalue weighted by Gasteiger charge is -2.34. The van der Waals surface area contributed by atoms with Crippen LogP contribution < -0.4 is 9.47 Å². The molecule has 0 fully saturated rings. The molecule has 0 aliphatic rings. The summed E-state index contributed by atoms with van der Waals surface area (Å²) in [6.45, 7) is 12.8. The molecule has 3 aromatic carbocycles. The molecule has 41 heavy (non-hydrogen) atoms. The fourth-order valence-corrected chi connectivity index (χ4v) is 5.64. The van der Waals surface area contributed by atoms with E-state index in [1.165, 1.54) is 16.7 Å². The van der Waals surface area contributed by atoms with Crippen molar-refractivity contribution in [1.82, 2.24) is 0 Å². The van der Waals surface area contributed by atoms with Crippen molar-refractivity contribution < 1.29 is 24.8 Å². The summed E-state index contributed by atoms with van der Waals surface area (Å²) in [6, 6.07) is 23.2. The first-order valence-corrected chi connectivity index (χ1v) is 15.0. The standard InChI is InChI=1S/C36H50O5/c1-7-36(8-2,29-16-18-32(26(3)21-29)40-24-31(38)23-37)30-17-19-33(27(4)22-30)41-25-34(39)35(5,6)20-12-15-28-13-10-9-11-14-28/h9-11,13-14,16-19,21-22,31,34,37-39H,7-8,12,15,20,23-25H2,1-6H3/t31-,34-/m0/s1. The second-order valence-electron chi connectivity index (χ2n) is 12.1. The molecule has 0 spiro atoms. The number of hydrogen-bond acceptors (Lipinski definition) is 5. The maximum Gasteiger partial charge on any atom is 0.122 e. The SMILES string of the molecule is CCC(CC)(c1ccc(OC[C@@H](O)CO)c(C)c1)c1ccc(OC[C@H](O)C(C)(C)CCCc2ccccc2)c(C)c1. The highest BCUT2D eigenvalue weighted by atomic mass is 16.5. The molecule has 0 bridgehead atoms. The van der Waals surface area contributed by atoms with Crippen molar-refractivity contribution in [3.63, 3.8) is 0 Å². The van der Waals surface area contributed by atoms with Crippen LogP contribution in [0.5, 0.6) is 11.5 Å². The van der Waals surface area contributed by atoms with Gasteiger partial charge in [0.05, 0.1) is 12.7 Å². The van der Waals surface area contributed by atoms with Gasteiger partial charge in [0.1, 0.15) is 30.8 Å². The van der Waals surface area contributed by atoms with Crippen LogP contribution in [-0.4, -0.2) is 47.3 Å². The molecule has 3 N–H and O–H groups in total. The van der Waals surface area contributed by atoms with Gasteiger partial charge in [0.25, 0.3) is 0 Å². The summed E-state index contributed by atoms with van der Waals surface area (Å²) in [7, 11) is 0. The van der Waals surface area contributed by atoms with Gasteiger partial charge >= 0.3 is 0 Å². The smallest absolute Gasteiger partial charge is 0.122 e. The van der Waals surface area contributed by atoms with Crippen LogP contribution in [0.25, 0.3) is 0 Å². The van der Waals surface area contributed by atoms with Gasteiger partial charge in [-0.15, -0.1) is 0 Å². The first-order chi connectivity index (χ1) is 19.6. The largest absolute Gasteiger partial charge is 0.491 e. The molecule has 224 valence electrons. The molecule has 3 rings (SSSR count). The van der Waals surface area contributed by atoms with Crippen molar-refractivity contribution in [3.8, 4) is 11.5 Å². The van der Waals surface area contributed by atoms with Crippen LogP contribution in [-0.2, 0) is 11.8 Å². The van der Waals surface area contributed by atoms with Crippen LogP contribution in [0.2, 0.25) is 0 Å². The van der Waals surface area contributed by atoms with Crippen molar-refractivity contribution in [1.29, 1.82) is 0 Å². The Hall–Kier alpha value is -2.86. The first kappa shape index (κ1) is 32.7. The molecule has 0 amide bonds. The molecule has 0 heterocycles. The van der Waals surface area contributed by atoms with Crippen LogP contribution in [0, 0.1) is 19.3 Å². The molecule has 0 aliphatic heterocycles. The van der Waals surface area contributed by atoms with E-state index in [1.807, 2.05) is 25.1 Å². The summed E-state index contributed by atoms with van der Waals surface area (Å²) >= 11 is 0. The van der Waals surface area contributed by atoms with Crippen LogP contribution >= 0.6 is 0 Å². The number of aliphatic hydroxyl groups excluding tert-OH is 3. The van der Waals surface area contributed by atoms with E-state index in [0.717, 1.165) is 49.0 Å². The van der Waals surface area contributed by atoms with Crippen molar-refractivity contribution in [3.05, 3.63) is 94.5 Å². The minimum Gasteiger partial charge on any atom is -0.491 e. The van der Waals surface area contributed by atoms with E-state index >= 15 is 0 Å². The van der Waals surface area contributed by atoms with Gasteiger partial charge in [-0.1, -0.05) is 82.3 Å². The lowest BCUT2D eigenvalue weighted by molar-refractivity contribution is 0.00589. The maximum atomic E-state index is 11.0. The van der Waals surface area contributed by atoms with Gasteiger partial charge in [0, 0.05) is 5.41 Å². The fraction of sp³-hybridized carbons (Fsp3) is 0.500. The molecule has 3 aromatic rings. The number of rotatable bonds is 16. The lowest BCUT2D eigenvalue weighted by atomic mass is 9.70. The molecule has 0 aliphatic carbocycles. The Labute approximate surface area is 247 Å². The van der Waals surface area contributed by atoms with Crippen molar-refractivity contribution in [2.75, 3.05) is 19.8 Å². The molecule has 0 saturated carbocycles. The van der Waals surface area contributed by atoms with Gasteiger partial charge in [-0.25, -0.2) is 0 Å². The summed E-state index contributed by atoms with van der Waals surface area (Å²) in [4.78, 5) is 0. The topological polar surface area (TPSA) is 79.2 Å². The third kappa shape index (κ3) is 8.34. The summed E-state index contributed by atoms with van der Waals surface area (Å²) < 4.78 is 11.9. The second-order valence-corrected chi connectivity index (χ2v) is 12.1. The van der Waals surface area contributed by atoms with Gasteiger partial charge in [-0.05, 0) is 91.3 Å². The quantitative estimate of drug-likeness (QED) is 0.176.